The molecule has 0 aliphatic heterocycles. The summed E-state index contributed by atoms with van der Waals surface area (Å²) in [5.74, 6) is -0.0514. The second-order valence-corrected chi connectivity index (χ2v) is 9.91. The van der Waals surface area contributed by atoms with Crippen molar-refractivity contribution in [3.05, 3.63) is 63.6 Å². The number of sulfonamides is 1. The standard InChI is InChI=1S/C17H16Cl2N4O3S2/c1-22(28(25,26)17-3-2-8-27-17)11-16(24)21-15-6-7-20-23(15)10-12-4-5-13(18)9-14(12)19/h2-9H,10-11H2,1H3,(H,21,24). The predicted molar refractivity (Wildman–Crippen MR) is 111 cm³/mol. The Hall–Kier alpha value is -1.91. The molecule has 0 aliphatic rings. The van der Waals surface area contributed by atoms with Gasteiger partial charge in [0, 0.05) is 23.2 Å². The van der Waals surface area contributed by atoms with Crippen LogP contribution in [-0.2, 0) is 21.4 Å². The first kappa shape index (κ1) is 20.8. The fraction of sp³-hybridized carbons (Fsp3) is 0.176. The molecule has 0 bridgehead atoms. The third-order valence-electron chi connectivity index (χ3n) is 3.85. The molecule has 28 heavy (non-hydrogen) atoms. The number of rotatable bonds is 7. The summed E-state index contributed by atoms with van der Waals surface area (Å²) in [5, 5.41) is 9.54. The van der Waals surface area contributed by atoms with Crippen molar-refractivity contribution in [2.75, 3.05) is 18.9 Å². The quantitative estimate of drug-likeness (QED) is 0.586. The molecule has 0 fully saturated rings. The first-order valence-corrected chi connectivity index (χ1v) is 11.1. The van der Waals surface area contributed by atoms with E-state index in [1.807, 2.05) is 0 Å². The number of thiophene rings is 1. The van der Waals surface area contributed by atoms with Gasteiger partial charge in [0.05, 0.1) is 19.3 Å². The smallest absolute Gasteiger partial charge is 0.252 e. The van der Waals surface area contributed by atoms with Crippen molar-refractivity contribution in [1.29, 1.82) is 0 Å². The second kappa shape index (κ2) is 8.62. The summed E-state index contributed by atoms with van der Waals surface area (Å²) in [6.45, 7) is -0.00490. The van der Waals surface area contributed by atoms with Gasteiger partial charge < -0.3 is 5.32 Å². The van der Waals surface area contributed by atoms with Gasteiger partial charge in [-0.1, -0.05) is 35.3 Å². The Morgan fingerprint density at radius 1 is 1.29 bits per heavy atom. The van der Waals surface area contributed by atoms with Crippen molar-refractivity contribution >= 4 is 56.3 Å². The van der Waals surface area contributed by atoms with Gasteiger partial charge in [0.15, 0.2) is 0 Å². The molecule has 0 radical (unpaired) electrons. The molecule has 0 saturated carbocycles. The van der Waals surface area contributed by atoms with Crippen molar-refractivity contribution < 1.29 is 13.2 Å². The van der Waals surface area contributed by atoms with Crippen molar-refractivity contribution in [2.24, 2.45) is 0 Å². The molecule has 1 amide bonds. The van der Waals surface area contributed by atoms with Gasteiger partial charge in [-0.05, 0) is 29.1 Å². The number of benzene rings is 1. The van der Waals surface area contributed by atoms with Crippen molar-refractivity contribution in [2.45, 2.75) is 10.8 Å². The van der Waals surface area contributed by atoms with Crippen LogP contribution in [0.25, 0.3) is 0 Å². The number of hydrogen-bond donors (Lipinski definition) is 1. The summed E-state index contributed by atoms with van der Waals surface area (Å²) in [6.07, 6.45) is 1.53. The zero-order valence-corrected chi connectivity index (χ0v) is 17.8. The fourth-order valence-corrected chi connectivity index (χ4v) is 5.21. The van der Waals surface area contributed by atoms with E-state index in [4.69, 9.17) is 23.2 Å². The molecule has 3 aromatic rings. The lowest BCUT2D eigenvalue weighted by Crippen LogP contribution is -2.35. The molecule has 0 spiro atoms. The first-order chi connectivity index (χ1) is 13.3. The number of nitrogens with zero attached hydrogens (tertiary/aromatic N) is 3. The van der Waals surface area contributed by atoms with Crippen LogP contribution in [-0.4, -0.2) is 42.0 Å². The van der Waals surface area contributed by atoms with E-state index >= 15 is 0 Å². The van der Waals surface area contributed by atoms with Crippen molar-refractivity contribution in [1.82, 2.24) is 14.1 Å². The van der Waals surface area contributed by atoms with E-state index in [0.29, 0.717) is 22.4 Å². The van der Waals surface area contributed by atoms with Gasteiger partial charge >= 0.3 is 0 Å². The largest absolute Gasteiger partial charge is 0.310 e. The molecular weight excluding hydrogens is 443 g/mol. The van der Waals surface area contributed by atoms with Gasteiger partial charge in [-0.15, -0.1) is 11.3 Å². The van der Waals surface area contributed by atoms with Gasteiger partial charge in [-0.2, -0.15) is 9.40 Å². The van der Waals surface area contributed by atoms with Crippen LogP contribution in [0, 0.1) is 0 Å². The molecule has 3 rings (SSSR count). The fourth-order valence-electron chi connectivity index (χ4n) is 2.41. The Bertz CT molecular complexity index is 1080. The number of anilines is 1. The predicted octanol–water partition coefficient (Wildman–Crippen LogP) is 3.56. The number of hydrogen-bond acceptors (Lipinski definition) is 5. The third-order valence-corrected chi connectivity index (χ3v) is 7.61. The van der Waals surface area contributed by atoms with E-state index in [-0.39, 0.29) is 10.8 Å². The molecule has 0 unspecified atom stereocenters. The Kier molecular flexibility index (Phi) is 6.41. The monoisotopic (exact) mass is 458 g/mol. The summed E-state index contributed by atoms with van der Waals surface area (Å²) in [6, 6.07) is 9.89. The maximum absolute atomic E-state index is 12.4. The molecule has 148 valence electrons. The van der Waals surface area contributed by atoms with E-state index < -0.39 is 15.9 Å². The molecule has 1 N–H and O–H groups in total. The summed E-state index contributed by atoms with van der Waals surface area (Å²) < 4.78 is 27.6. The third kappa shape index (κ3) is 4.73. The van der Waals surface area contributed by atoms with Gasteiger partial charge in [-0.3, -0.25) is 4.79 Å². The topological polar surface area (TPSA) is 84.3 Å². The molecule has 0 atom stereocenters. The molecule has 0 saturated heterocycles. The zero-order valence-electron chi connectivity index (χ0n) is 14.7. The number of likely N-dealkylation sites (N-methyl/N-ethyl adjacent to an activating group) is 1. The number of nitrogens with one attached hydrogen (secondary N) is 1. The molecule has 1 aromatic carbocycles. The Balaban J connectivity index is 1.68. The van der Waals surface area contributed by atoms with Crippen LogP contribution in [0.15, 0.2) is 52.2 Å². The van der Waals surface area contributed by atoms with Crippen LogP contribution in [0.1, 0.15) is 5.56 Å². The van der Waals surface area contributed by atoms with Crippen molar-refractivity contribution in [3.63, 3.8) is 0 Å². The Morgan fingerprint density at radius 3 is 2.75 bits per heavy atom. The molecule has 0 aliphatic carbocycles. The average Bonchev–Trinajstić information content (AvgIpc) is 3.30. The van der Waals surface area contributed by atoms with Crippen LogP contribution < -0.4 is 5.32 Å². The lowest BCUT2D eigenvalue weighted by molar-refractivity contribution is -0.116. The van der Waals surface area contributed by atoms with E-state index in [1.165, 1.54) is 19.3 Å². The van der Waals surface area contributed by atoms with E-state index in [2.05, 4.69) is 10.4 Å². The number of carbonyl (C=O) groups is 1. The summed E-state index contributed by atoms with van der Waals surface area (Å²) in [5.41, 5.74) is 0.780. The minimum absolute atomic E-state index is 0.185. The van der Waals surface area contributed by atoms with Crippen LogP contribution >= 0.6 is 34.5 Å². The highest BCUT2D eigenvalue weighted by Gasteiger charge is 2.24. The highest BCUT2D eigenvalue weighted by Crippen LogP contribution is 2.23. The van der Waals surface area contributed by atoms with E-state index in [0.717, 1.165) is 21.2 Å². The lowest BCUT2D eigenvalue weighted by atomic mass is 10.2. The van der Waals surface area contributed by atoms with E-state index in [1.54, 1.807) is 40.4 Å². The van der Waals surface area contributed by atoms with Crippen LogP contribution in [0.2, 0.25) is 10.0 Å². The van der Waals surface area contributed by atoms with Crippen molar-refractivity contribution in [3.8, 4) is 0 Å². The van der Waals surface area contributed by atoms with Gasteiger partial charge in [0.25, 0.3) is 10.0 Å². The lowest BCUT2D eigenvalue weighted by Gasteiger charge is -2.16. The second-order valence-electron chi connectivity index (χ2n) is 5.85. The highest BCUT2D eigenvalue weighted by molar-refractivity contribution is 7.91. The minimum atomic E-state index is -3.70. The maximum atomic E-state index is 12.4. The Labute approximate surface area is 176 Å². The zero-order chi connectivity index (χ0) is 20.3. The first-order valence-electron chi connectivity index (χ1n) is 8.03. The Morgan fingerprint density at radius 2 is 2.07 bits per heavy atom. The minimum Gasteiger partial charge on any atom is -0.310 e. The highest BCUT2D eigenvalue weighted by atomic mass is 35.5. The number of aromatic nitrogens is 2. The summed E-state index contributed by atoms with van der Waals surface area (Å²) in [4.78, 5) is 12.4. The van der Waals surface area contributed by atoms with Gasteiger partial charge in [0.2, 0.25) is 5.91 Å². The van der Waals surface area contributed by atoms with Gasteiger partial charge in [-0.25, -0.2) is 13.1 Å². The van der Waals surface area contributed by atoms with Crippen LogP contribution in [0.5, 0.6) is 0 Å². The maximum Gasteiger partial charge on any atom is 0.252 e. The molecule has 2 aromatic heterocycles. The summed E-state index contributed by atoms with van der Waals surface area (Å²) in [7, 11) is -2.34. The number of carbonyl (C=O) groups excluding carboxylic acids is 1. The number of amides is 1. The van der Waals surface area contributed by atoms with Crippen LogP contribution in [0.3, 0.4) is 0 Å². The van der Waals surface area contributed by atoms with Crippen LogP contribution in [0.4, 0.5) is 5.82 Å². The number of halogens is 2. The SMILES string of the molecule is CN(CC(=O)Nc1ccnn1Cc1ccc(Cl)cc1Cl)S(=O)(=O)c1cccs1. The molecular formula is C17H16Cl2N4O3S2. The summed E-state index contributed by atoms with van der Waals surface area (Å²) >= 11 is 13.2. The normalized spacial score (nSPS) is 11.7. The molecule has 7 nitrogen and oxygen atoms in total. The van der Waals surface area contributed by atoms with Gasteiger partial charge in [0.1, 0.15) is 10.0 Å². The molecule has 2 heterocycles. The average molecular weight is 459 g/mol. The van der Waals surface area contributed by atoms with E-state index in [9.17, 15) is 13.2 Å². The molecule has 11 heteroatoms.